The fourth-order valence-electron chi connectivity index (χ4n) is 1.89. The molecular formula is C14H18N4O3. The molecule has 2 aromatic rings. The van der Waals surface area contributed by atoms with E-state index in [-0.39, 0.29) is 23.5 Å². The predicted molar refractivity (Wildman–Crippen MR) is 76.4 cm³/mol. The van der Waals surface area contributed by atoms with E-state index in [0.717, 1.165) is 0 Å². The number of ether oxygens (including phenoxy) is 1. The summed E-state index contributed by atoms with van der Waals surface area (Å²) in [6.45, 7) is 6.67. The number of rotatable bonds is 5. The van der Waals surface area contributed by atoms with E-state index < -0.39 is 5.97 Å². The van der Waals surface area contributed by atoms with Crippen LogP contribution in [0.5, 0.6) is 0 Å². The minimum Gasteiger partial charge on any atom is -0.462 e. The molecule has 0 fully saturated rings. The minimum absolute atomic E-state index is 0.161. The van der Waals surface area contributed by atoms with Crippen LogP contribution in [0.25, 0.3) is 5.82 Å². The molecule has 0 aliphatic heterocycles. The van der Waals surface area contributed by atoms with Gasteiger partial charge in [0, 0.05) is 25.1 Å². The smallest absolute Gasteiger partial charge is 0.341 e. The molecule has 0 spiro atoms. The lowest BCUT2D eigenvalue weighted by Crippen LogP contribution is -2.27. The van der Waals surface area contributed by atoms with Gasteiger partial charge in [-0.3, -0.25) is 4.79 Å². The Hall–Kier alpha value is -2.44. The van der Waals surface area contributed by atoms with Crippen molar-refractivity contribution in [2.75, 3.05) is 6.61 Å². The highest BCUT2D eigenvalue weighted by molar-refractivity contribution is 5.88. The summed E-state index contributed by atoms with van der Waals surface area (Å²) in [5.41, 5.74) is 0.0435. The monoisotopic (exact) mass is 290 g/mol. The van der Waals surface area contributed by atoms with E-state index in [1.165, 1.54) is 17.1 Å². The van der Waals surface area contributed by atoms with Crippen LogP contribution in [0, 0.1) is 5.92 Å². The average Bonchev–Trinajstić information content (AvgIpc) is 2.90. The van der Waals surface area contributed by atoms with E-state index >= 15 is 0 Å². The third-order valence-electron chi connectivity index (χ3n) is 2.77. The van der Waals surface area contributed by atoms with Crippen LogP contribution in [0.3, 0.4) is 0 Å². The highest BCUT2D eigenvalue weighted by Crippen LogP contribution is 2.04. The summed E-state index contributed by atoms with van der Waals surface area (Å²) in [7, 11) is 0. The Morgan fingerprint density at radius 3 is 2.86 bits per heavy atom. The normalized spacial score (nSPS) is 10.9. The van der Waals surface area contributed by atoms with Crippen LogP contribution in [0.2, 0.25) is 0 Å². The molecule has 0 N–H and O–H groups in total. The highest BCUT2D eigenvalue weighted by atomic mass is 16.5. The van der Waals surface area contributed by atoms with Gasteiger partial charge in [-0.25, -0.2) is 14.5 Å². The molecule has 0 saturated carbocycles. The average molecular weight is 290 g/mol. The molecule has 0 aliphatic rings. The van der Waals surface area contributed by atoms with Crippen molar-refractivity contribution in [3.63, 3.8) is 0 Å². The molecule has 0 saturated heterocycles. The van der Waals surface area contributed by atoms with Crippen molar-refractivity contribution in [3.8, 4) is 5.82 Å². The molecule has 0 bridgehead atoms. The molecule has 112 valence electrons. The molecule has 21 heavy (non-hydrogen) atoms. The van der Waals surface area contributed by atoms with E-state index in [1.54, 1.807) is 23.9 Å². The Morgan fingerprint density at radius 1 is 1.43 bits per heavy atom. The van der Waals surface area contributed by atoms with Gasteiger partial charge in [-0.2, -0.15) is 5.10 Å². The maximum Gasteiger partial charge on any atom is 0.341 e. The topological polar surface area (TPSA) is 79.0 Å². The molecule has 0 amide bonds. The number of hydrogen-bond acceptors (Lipinski definition) is 5. The van der Waals surface area contributed by atoms with Crippen molar-refractivity contribution < 1.29 is 9.53 Å². The van der Waals surface area contributed by atoms with Crippen molar-refractivity contribution in [3.05, 3.63) is 40.7 Å². The first-order chi connectivity index (χ1) is 10.0. The van der Waals surface area contributed by atoms with Crippen LogP contribution in [-0.2, 0) is 11.3 Å². The molecule has 0 radical (unpaired) electrons. The summed E-state index contributed by atoms with van der Waals surface area (Å²) in [6, 6.07) is 0. The molecule has 2 heterocycles. The van der Waals surface area contributed by atoms with Gasteiger partial charge in [0.05, 0.1) is 18.4 Å². The largest absolute Gasteiger partial charge is 0.462 e. The van der Waals surface area contributed by atoms with Crippen LogP contribution in [0.15, 0.2) is 29.6 Å². The van der Waals surface area contributed by atoms with Crippen molar-refractivity contribution in [2.45, 2.75) is 27.3 Å². The van der Waals surface area contributed by atoms with Crippen molar-refractivity contribution in [2.24, 2.45) is 5.92 Å². The van der Waals surface area contributed by atoms with Crippen LogP contribution < -0.4 is 5.56 Å². The number of aromatic nitrogens is 4. The van der Waals surface area contributed by atoms with E-state index in [2.05, 4.69) is 10.1 Å². The van der Waals surface area contributed by atoms with Gasteiger partial charge in [-0.05, 0) is 12.8 Å². The third kappa shape index (κ3) is 3.36. The second kappa shape index (κ2) is 6.34. The second-order valence-corrected chi connectivity index (χ2v) is 5.00. The van der Waals surface area contributed by atoms with Crippen molar-refractivity contribution in [1.82, 2.24) is 19.3 Å². The molecule has 7 nitrogen and oxygen atoms in total. The van der Waals surface area contributed by atoms with Crippen LogP contribution >= 0.6 is 0 Å². The molecule has 0 unspecified atom stereocenters. The van der Waals surface area contributed by atoms with Gasteiger partial charge in [-0.15, -0.1) is 0 Å². The first-order valence-corrected chi connectivity index (χ1v) is 6.80. The first-order valence-electron chi connectivity index (χ1n) is 6.80. The Kier molecular flexibility index (Phi) is 4.52. The number of hydrogen-bond donors (Lipinski definition) is 0. The van der Waals surface area contributed by atoms with E-state index in [9.17, 15) is 9.59 Å². The molecule has 0 atom stereocenters. The van der Waals surface area contributed by atoms with Crippen LogP contribution in [0.4, 0.5) is 0 Å². The van der Waals surface area contributed by atoms with Gasteiger partial charge < -0.3 is 9.30 Å². The summed E-state index contributed by atoms with van der Waals surface area (Å²) in [5, 5.41) is 4.01. The minimum atomic E-state index is -0.470. The van der Waals surface area contributed by atoms with Gasteiger partial charge in [0.2, 0.25) is 5.82 Å². The van der Waals surface area contributed by atoms with E-state index in [0.29, 0.717) is 12.5 Å². The number of esters is 1. The maximum atomic E-state index is 12.3. The van der Waals surface area contributed by atoms with E-state index in [1.807, 2.05) is 13.8 Å². The lowest BCUT2D eigenvalue weighted by Gasteiger charge is -2.09. The Morgan fingerprint density at radius 2 is 2.19 bits per heavy atom. The molecule has 2 rings (SSSR count). The van der Waals surface area contributed by atoms with Gasteiger partial charge in [0.1, 0.15) is 0 Å². The van der Waals surface area contributed by atoms with Crippen LogP contribution in [0.1, 0.15) is 31.1 Å². The lowest BCUT2D eigenvalue weighted by molar-refractivity contribution is 0.0526. The zero-order valence-corrected chi connectivity index (χ0v) is 12.3. The summed E-state index contributed by atoms with van der Waals surface area (Å²) in [4.78, 5) is 28.0. The molecule has 7 heteroatoms. The van der Waals surface area contributed by atoms with Gasteiger partial charge in [0.15, 0.2) is 0 Å². The first kappa shape index (κ1) is 15.0. The number of nitrogens with zero attached hydrogens (tertiary/aromatic N) is 4. The van der Waals surface area contributed by atoms with E-state index in [4.69, 9.17) is 4.74 Å². The fraction of sp³-hybridized carbons (Fsp3) is 0.429. The SMILES string of the molecule is CCOC(=O)c1cnn(-c2nccn(CC(C)C)c2=O)c1. The standard InChI is InChI=1S/C14H18N4O3/c1-4-21-14(20)11-7-16-18(9-11)12-13(19)17(6-5-15-12)8-10(2)3/h5-7,9-10H,4,8H2,1-3H3. The van der Waals surface area contributed by atoms with Crippen molar-refractivity contribution in [1.29, 1.82) is 0 Å². The van der Waals surface area contributed by atoms with Gasteiger partial charge in [0.25, 0.3) is 5.56 Å². The maximum absolute atomic E-state index is 12.3. The lowest BCUT2D eigenvalue weighted by atomic mass is 10.2. The van der Waals surface area contributed by atoms with Gasteiger partial charge >= 0.3 is 5.97 Å². The Bertz CT molecular complexity index is 688. The Balaban J connectivity index is 2.35. The van der Waals surface area contributed by atoms with Crippen LogP contribution in [-0.4, -0.2) is 31.9 Å². The predicted octanol–water partition coefficient (Wildman–Crippen LogP) is 1.26. The number of carbonyl (C=O) groups is 1. The zero-order valence-electron chi connectivity index (χ0n) is 12.3. The summed E-state index contributed by atoms with van der Waals surface area (Å²) >= 11 is 0. The van der Waals surface area contributed by atoms with Gasteiger partial charge in [-0.1, -0.05) is 13.8 Å². The summed E-state index contributed by atoms with van der Waals surface area (Å²) in [6.07, 6.45) is 5.99. The number of carbonyl (C=O) groups excluding carboxylic acids is 1. The molecular weight excluding hydrogens is 272 g/mol. The Labute approximate surface area is 122 Å². The fourth-order valence-corrected chi connectivity index (χ4v) is 1.89. The summed E-state index contributed by atoms with van der Waals surface area (Å²) in [5.74, 6) is 0.0292. The molecule has 0 aliphatic carbocycles. The van der Waals surface area contributed by atoms with Crippen molar-refractivity contribution >= 4 is 5.97 Å². The highest BCUT2D eigenvalue weighted by Gasteiger charge is 2.13. The summed E-state index contributed by atoms with van der Waals surface area (Å²) < 4.78 is 7.77. The molecule has 2 aromatic heterocycles. The quantitative estimate of drug-likeness (QED) is 0.775. The second-order valence-electron chi connectivity index (χ2n) is 5.00. The third-order valence-corrected chi connectivity index (χ3v) is 2.77. The zero-order chi connectivity index (χ0) is 15.4. The molecule has 0 aromatic carbocycles.